The van der Waals surface area contributed by atoms with E-state index >= 15 is 0 Å². The number of amides is 1. The van der Waals surface area contributed by atoms with Crippen LogP contribution in [0.2, 0.25) is 0 Å². The van der Waals surface area contributed by atoms with Crippen molar-refractivity contribution in [1.82, 2.24) is 0 Å². The second kappa shape index (κ2) is 6.47. The Morgan fingerprint density at radius 1 is 1.25 bits per heavy atom. The van der Waals surface area contributed by atoms with E-state index in [4.69, 9.17) is 4.74 Å². The van der Waals surface area contributed by atoms with Crippen LogP contribution in [-0.2, 0) is 4.79 Å². The molecule has 0 spiro atoms. The van der Waals surface area contributed by atoms with E-state index in [1.165, 1.54) is 6.92 Å². The number of ether oxygens (including phenoxy) is 1. The number of benzene rings is 1. The maximum atomic E-state index is 11.0. The predicted octanol–water partition coefficient (Wildman–Crippen LogP) is 3.18. The number of nitrogens with zero attached hydrogens (tertiary/aromatic N) is 1. The zero-order valence-corrected chi connectivity index (χ0v) is 13.8. The molecule has 0 fully saturated rings. The van der Waals surface area contributed by atoms with E-state index in [0.717, 1.165) is 17.0 Å². The van der Waals surface area contributed by atoms with Gasteiger partial charge in [-0.3, -0.25) is 4.79 Å². The molecule has 5 nitrogen and oxygen atoms in total. The summed E-state index contributed by atoms with van der Waals surface area (Å²) in [5.41, 5.74) is 2.57. The van der Waals surface area contributed by atoms with Gasteiger partial charge in [0.25, 0.3) is 0 Å². The Labute approximate surface area is 141 Å². The maximum Gasteiger partial charge on any atom is 0.221 e. The highest BCUT2D eigenvalue weighted by atomic mass is 16.6. The molecule has 2 atom stereocenters. The molecular weight excluding hydrogens is 304 g/mol. The van der Waals surface area contributed by atoms with E-state index in [1.807, 2.05) is 36.5 Å². The van der Waals surface area contributed by atoms with E-state index in [-0.39, 0.29) is 23.2 Å². The predicted molar refractivity (Wildman–Crippen MR) is 92.4 cm³/mol. The van der Waals surface area contributed by atoms with E-state index in [9.17, 15) is 10.0 Å². The number of allylic oxidation sites excluding steroid dienone is 4. The van der Waals surface area contributed by atoms with Crippen molar-refractivity contribution in [2.45, 2.75) is 13.0 Å². The molecular formula is C19H21N2O3+. The third-order valence-corrected chi connectivity index (χ3v) is 4.19. The number of hydroxylamine groups is 3. The molecule has 2 aliphatic rings. The lowest BCUT2D eigenvalue weighted by atomic mass is 9.96. The lowest BCUT2D eigenvalue weighted by Gasteiger charge is -2.37. The molecule has 3 rings (SSSR count). The summed E-state index contributed by atoms with van der Waals surface area (Å²) in [6, 6.07) is 7.04. The average Bonchev–Trinajstić information content (AvgIpc) is 2.55. The molecule has 0 radical (unpaired) electrons. The Kier molecular flexibility index (Phi) is 4.38. The van der Waals surface area contributed by atoms with Gasteiger partial charge >= 0.3 is 0 Å². The Morgan fingerprint density at radius 2 is 2.00 bits per heavy atom. The minimum Gasteiger partial charge on any atom is -0.483 e. The molecule has 124 valence electrons. The molecule has 1 heterocycles. The number of anilines is 1. The molecule has 0 aromatic heterocycles. The van der Waals surface area contributed by atoms with E-state index in [2.05, 4.69) is 5.32 Å². The number of carbonyl (C=O) groups is 1. The van der Waals surface area contributed by atoms with Gasteiger partial charge in [-0.05, 0) is 36.4 Å². The van der Waals surface area contributed by atoms with E-state index in [1.54, 1.807) is 31.3 Å². The number of quaternary nitrogens is 1. The molecule has 2 N–H and O–H groups in total. The minimum atomic E-state index is -0.239. The van der Waals surface area contributed by atoms with E-state index < -0.39 is 0 Å². The van der Waals surface area contributed by atoms with Gasteiger partial charge in [0.05, 0.1) is 0 Å². The van der Waals surface area contributed by atoms with Crippen molar-refractivity contribution in [3.05, 3.63) is 72.0 Å². The molecule has 1 aromatic rings. The number of carbonyl (C=O) groups excluding carboxylic acids is 1. The Hall–Kier alpha value is -2.63. The van der Waals surface area contributed by atoms with Crippen LogP contribution in [0.4, 0.5) is 5.69 Å². The smallest absolute Gasteiger partial charge is 0.221 e. The van der Waals surface area contributed by atoms with Gasteiger partial charge in [0, 0.05) is 24.3 Å². The number of nitrogens with one attached hydrogen (secondary N) is 1. The molecule has 0 bridgehead atoms. The van der Waals surface area contributed by atoms with Crippen LogP contribution in [0.5, 0.6) is 5.75 Å². The molecule has 1 aliphatic heterocycles. The number of rotatable bonds is 4. The third kappa shape index (κ3) is 3.32. The first-order valence-corrected chi connectivity index (χ1v) is 7.82. The van der Waals surface area contributed by atoms with Crippen molar-refractivity contribution in [1.29, 1.82) is 0 Å². The number of fused-ring (bicyclic) bond motifs is 1. The fourth-order valence-electron chi connectivity index (χ4n) is 2.85. The second-order valence-corrected chi connectivity index (χ2v) is 6.03. The fraction of sp³-hybridized carbons (Fsp3) is 0.211. The highest BCUT2D eigenvalue weighted by Crippen LogP contribution is 2.31. The molecule has 1 aliphatic carbocycles. The summed E-state index contributed by atoms with van der Waals surface area (Å²) in [5.74, 6) is 0.570. The molecule has 1 amide bonds. The third-order valence-electron chi connectivity index (χ3n) is 4.19. The highest BCUT2D eigenvalue weighted by molar-refractivity contribution is 5.88. The van der Waals surface area contributed by atoms with Crippen LogP contribution in [0.3, 0.4) is 0 Å². The van der Waals surface area contributed by atoms with Gasteiger partial charge in [-0.1, -0.05) is 18.2 Å². The van der Waals surface area contributed by atoms with Gasteiger partial charge in [0.2, 0.25) is 5.91 Å². The van der Waals surface area contributed by atoms with Crippen LogP contribution in [0.25, 0.3) is 0 Å². The van der Waals surface area contributed by atoms with Crippen LogP contribution < -0.4 is 10.1 Å². The van der Waals surface area contributed by atoms with Crippen LogP contribution in [0.1, 0.15) is 6.92 Å². The summed E-state index contributed by atoms with van der Waals surface area (Å²) in [5, 5.41) is 13.6. The number of likely N-dealkylation sites (N-methyl/N-ethyl adjacent to an activating group) is 1. The van der Waals surface area contributed by atoms with Gasteiger partial charge in [-0.15, -0.1) is 4.65 Å². The first-order valence-electron chi connectivity index (χ1n) is 7.82. The van der Waals surface area contributed by atoms with E-state index in [0.29, 0.717) is 5.75 Å². The lowest BCUT2D eigenvalue weighted by Crippen LogP contribution is -2.51. The first kappa shape index (κ1) is 16.2. The Bertz CT molecular complexity index is 755. The quantitative estimate of drug-likeness (QED) is 0.836. The fourth-order valence-corrected chi connectivity index (χ4v) is 2.85. The normalized spacial score (nSPS) is 24.7. The molecule has 24 heavy (non-hydrogen) atoms. The monoisotopic (exact) mass is 325 g/mol. The zero-order valence-electron chi connectivity index (χ0n) is 13.8. The number of hydrogen-bond donors (Lipinski definition) is 2. The van der Waals surface area contributed by atoms with Gasteiger partial charge < -0.3 is 10.1 Å². The minimum absolute atomic E-state index is 0.110. The molecule has 1 aromatic carbocycles. The van der Waals surface area contributed by atoms with Gasteiger partial charge in [-0.2, -0.15) is 0 Å². The summed E-state index contributed by atoms with van der Waals surface area (Å²) >= 11 is 0. The van der Waals surface area contributed by atoms with Gasteiger partial charge in [-0.25, -0.2) is 5.21 Å². The van der Waals surface area contributed by atoms with Crippen molar-refractivity contribution in [3.8, 4) is 5.75 Å². The van der Waals surface area contributed by atoms with Crippen molar-refractivity contribution >= 4 is 11.6 Å². The summed E-state index contributed by atoms with van der Waals surface area (Å²) in [6.07, 6.45) is 11.8. The van der Waals surface area contributed by atoms with Crippen molar-refractivity contribution in [2.75, 3.05) is 19.0 Å². The summed E-state index contributed by atoms with van der Waals surface area (Å²) < 4.78 is 5.55. The van der Waals surface area contributed by atoms with Crippen molar-refractivity contribution in [2.24, 2.45) is 0 Å². The van der Waals surface area contributed by atoms with Crippen LogP contribution in [0, 0.1) is 0 Å². The van der Waals surface area contributed by atoms with Gasteiger partial charge in [0.15, 0.2) is 18.3 Å². The molecule has 0 saturated carbocycles. The molecule has 2 unspecified atom stereocenters. The van der Waals surface area contributed by atoms with Crippen LogP contribution in [-0.4, -0.2) is 35.5 Å². The highest BCUT2D eigenvalue weighted by Gasteiger charge is 2.39. The van der Waals surface area contributed by atoms with Gasteiger partial charge in [0.1, 0.15) is 12.8 Å². The lowest BCUT2D eigenvalue weighted by molar-refractivity contribution is -1.07. The summed E-state index contributed by atoms with van der Waals surface area (Å²) in [7, 11) is 1.76. The Balaban J connectivity index is 1.69. The summed E-state index contributed by atoms with van der Waals surface area (Å²) in [4.78, 5) is 11.0. The van der Waals surface area contributed by atoms with Crippen molar-refractivity contribution < 1.29 is 19.4 Å². The average molecular weight is 325 g/mol. The first-order chi connectivity index (χ1) is 11.5. The Morgan fingerprint density at radius 3 is 2.71 bits per heavy atom. The topological polar surface area (TPSA) is 58.6 Å². The largest absolute Gasteiger partial charge is 0.483 e. The standard InChI is InChI=1S/C19H20N2O3/c1-14(22)20-16-8-11-18(12-9-16)24-13-17-10-7-15-5-3-4-6-19(15)21(17,2)23/h3-12,19,23H,13H2,1-2H3/p+1. The molecule has 0 saturated heterocycles. The second-order valence-electron chi connectivity index (χ2n) is 6.03. The summed E-state index contributed by atoms with van der Waals surface area (Å²) in [6.45, 7) is 1.75. The molecule has 5 heteroatoms. The zero-order chi connectivity index (χ0) is 17.2. The number of hydrogen-bond acceptors (Lipinski definition) is 3. The maximum absolute atomic E-state index is 11.0. The van der Waals surface area contributed by atoms with Crippen LogP contribution >= 0.6 is 0 Å². The van der Waals surface area contributed by atoms with Crippen molar-refractivity contribution in [3.63, 3.8) is 0 Å². The van der Waals surface area contributed by atoms with Crippen LogP contribution in [0.15, 0.2) is 72.0 Å². The SMILES string of the molecule is CC(=O)Nc1ccc(OCC2=CC=C3C=CC=CC3[N+]2(C)O)cc1.